The van der Waals surface area contributed by atoms with E-state index in [1.807, 2.05) is 24.3 Å². The first-order valence-electron chi connectivity index (χ1n) is 8.71. The maximum absolute atomic E-state index is 12.1. The first-order valence-corrected chi connectivity index (χ1v) is 8.71. The Morgan fingerprint density at radius 2 is 1.68 bits per heavy atom. The fourth-order valence-corrected chi connectivity index (χ4v) is 2.74. The van der Waals surface area contributed by atoms with Gasteiger partial charge < -0.3 is 25.0 Å². The van der Waals surface area contributed by atoms with Gasteiger partial charge in [0.05, 0.1) is 13.2 Å². The van der Waals surface area contributed by atoms with Crippen LogP contribution in [0.4, 0.5) is 29.3 Å². The number of carbonyl (C=O) groups excluding carboxylic acids is 1. The van der Waals surface area contributed by atoms with Crippen molar-refractivity contribution in [1.29, 1.82) is 0 Å². The summed E-state index contributed by atoms with van der Waals surface area (Å²) < 4.78 is 45.5. The normalized spacial score (nSPS) is 14.5. The second kappa shape index (κ2) is 8.83. The molecular formula is C19H20F3N3O3. The summed E-state index contributed by atoms with van der Waals surface area (Å²) in [5, 5.41) is 5.26. The smallest absolute Gasteiger partial charge is 0.406 e. The fourth-order valence-electron chi connectivity index (χ4n) is 2.74. The van der Waals surface area contributed by atoms with E-state index in [1.54, 1.807) is 0 Å². The molecule has 0 aliphatic carbocycles. The number of urea groups is 1. The SMILES string of the molecule is O=C(NCc1ccc(N2CCOCC2)cc1)Nc1ccc(OC(F)(F)F)cc1. The second-order valence-electron chi connectivity index (χ2n) is 6.15. The van der Waals surface area contributed by atoms with Gasteiger partial charge in [0.1, 0.15) is 5.75 Å². The molecule has 0 aromatic heterocycles. The van der Waals surface area contributed by atoms with Crippen LogP contribution < -0.4 is 20.3 Å². The summed E-state index contributed by atoms with van der Waals surface area (Å²) in [6, 6.07) is 12.3. The Balaban J connectivity index is 1.46. The Morgan fingerprint density at radius 1 is 1.04 bits per heavy atom. The molecule has 0 unspecified atom stereocenters. The molecule has 9 heteroatoms. The summed E-state index contributed by atoms with van der Waals surface area (Å²) in [6.45, 7) is 3.46. The van der Waals surface area contributed by atoms with Crippen molar-refractivity contribution in [2.24, 2.45) is 0 Å². The van der Waals surface area contributed by atoms with E-state index < -0.39 is 12.4 Å². The molecule has 3 rings (SSSR count). The number of rotatable bonds is 5. The number of benzene rings is 2. The number of hydrogen-bond donors (Lipinski definition) is 2. The van der Waals surface area contributed by atoms with Gasteiger partial charge in [0, 0.05) is 31.0 Å². The molecule has 2 N–H and O–H groups in total. The molecule has 0 atom stereocenters. The highest BCUT2D eigenvalue weighted by atomic mass is 19.4. The van der Waals surface area contributed by atoms with E-state index in [2.05, 4.69) is 20.3 Å². The molecule has 2 aromatic carbocycles. The van der Waals surface area contributed by atoms with Crippen molar-refractivity contribution >= 4 is 17.4 Å². The fraction of sp³-hybridized carbons (Fsp3) is 0.316. The van der Waals surface area contributed by atoms with Crippen molar-refractivity contribution < 1.29 is 27.4 Å². The van der Waals surface area contributed by atoms with Gasteiger partial charge in [-0.1, -0.05) is 12.1 Å². The largest absolute Gasteiger partial charge is 0.573 e. The summed E-state index contributed by atoms with van der Waals surface area (Å²) in [5.41, 5.74) is 2.40. The van der Waals surface area contributed by atoms with Crippen LogP contribution >= 0.6 is 0 Å². The lowest BCUT2D eigenvalue weighted by molar-refractivity contribution is -0.274. The first-order chi connectivity index (χ1) is 13.4. The molecule has 1 saturated heterocycles. The van der Waals surface area contributed by atoms with Crippen LogP contribution in [0.25, 0.3) is 0 Å². The number of carbonyl (C=O) groups is 1. The van der Waals surface area contributed by atoms with Crippen LogP contribution in [0.15, 0.2) is 48.5 Å². The topological polar surface area (TPSA) is 62.8 Å². The van der Waals surface area contributed by atoms with Gasteiger partial charge in [-0.3, -0.25) is 0 Å². The van der Waals surface area contributed by atoms with Crippen molar-refractivity contribution in [2.45, 2.75) is 12.9 Å². The average molecular weight is 395 g/mol. The van der Waals surface area contributed by atoms with Crippen molar-refractivity contribution in [1.82, 2.24) is 5.32 Å². The van der Waals surface area contributed by atoms with Crippen LogP contribution in [0.5, 0.6) is 5.75 Å². The summed E-state index contributed by atoms with van der Waals surface area (Å²) >= 11 is 0. The van der Waals surface area contributed by atoms with Crippen LogP contribution in [0.2, 0.25) is 0 Å². The summed E-state index contributed by atoms with van der Waals surface area (Å²) in [6.07, 6.45) is -4.75. The number of halogens is 3. The van der Waals surface area contributed by atoms with E-state index in [1.165, 1.54) is 12.1 Å². The van der Waals surface area contributed by atoms with E-state index in [0.29, 0.717) is 25.4 Å². The molecule has 2 amide bonds. The number of nitrogens with zero attached hydrogens (tertiary/aromatic N) is 1. The number of ether oxygens (including phenoxy) is 2. The number of hydrogen-bond acceptors (Lipinski definition) is 4. The molecule has 0 saturated carbocycles. The molecule has 1 fully saturated rings. The number of morpholine rings is 1. The van der Waals surface area contributed by atoms with Crippen LogP contribution in [-0.4, -0.2) is 38.7 Å². The maximum Gasteiger partial charge on any atom is 0.573 e. The van der Waals surface area contributed by atoms with Crippen LogP contribution in [-0.2, 0) is 11.3 Å². The van der Waals surface area contributed by atoms with Gasteiger partial charge in [0.15, 0.2) is 0 Å². The lowest BCUT2D eigenvalue weighted by Crippen LogP contribution is -2.36. The Kier molecular flexibility index (Phi) is 6.25. The molecule has 1 aliphatic rings. The van der Waals surface area contributed by atoms with Gasteiger partial charge in [-0.05, 0) is 42.0 Å². The standard InChI is InChI=1S/C19H20F3N3O3/c20-19(21,22)28-17-7-3-15(4-8-17)24-18(26)23-13-14-1-5-16(6-2-14)25-9-11-27-12-10-25/h1-8H,9-13H2,(H2,23,24,26). The van der Waals surface area contributed by atoms with Gasteiger partial charge in [0.25, 0.3) is 0 Å². The highest BCUT2D eigenvalue weighted by molar-refractivity contribution is 5.89. The molecule has 6 nitrogen and oxygen atoms in total. The third kappa shape index (κ3) is 6.05. The molecule has 0 radical (unpaired) electrons. The summed E-state index contributed by atoms with van der Waals surface area (Å²) in [7, 11) is 0. The van der Waals surface area contributed by atoms with Crippen LogP contribution in [0.3, 0.4) is 0 Å². The minimum Gasteiger partial charge on any atom is -0.406 e. The van der Waals surface area contributed by atoms with E-state index in [9.17, 15) is 18.0 Å². The van der Waals surface area contributed by atoms with Crippen molar-refractivity contribution in [3.05, 3.63) is 54.1 Å². The van der Waals surface area contributed by atoms with Crippen molar-refractivity contribution in [3.63, 3.8) is 0 Å². The first kappa shape index (κ1) is 19.8. The van der Waals surface area contributed by atoms with Crippen molar-refractivity contribution in [2.75, 3.05) is 36.5 Å². The molecule has 2 aromatic rings. The van der Waals surface area contributed by atoms with Crippen molar-refractivity contribution in [3.8, 4) is 5.75 Å². The molecule has 150 valence electrons. The lowest BCUT2D eigenvalue weighted by atomic mass is 10.2. The summed E-state index contributed by atoms with van der Waals surface area (Å²) in [5.74, 6) is -0.348. The third-order valence-electron chi connectivity index (χ3n) is 4.11. The zero-order valence-corrected chi connectivity index (χ0v) is 15.0. The van der Waals surface area contributed by atoms with E-state index in [4.69, 9.17) is 4.74 Å². The number of anilines is 2. The zero-order chi connectivity index (χ0) is 20.0. The third-order valence-corrected chi connectivity index (χ3v) is 4.11. The predicted octanol–water partition coefficient (Wildman–Crippen LogP) is 3.74. The Morgan fingerprint density at radius 3 is 2.29 bits per heavy atom. The molecular weight excluding hydrogens is 375 g/mol. The maximum atomic E-state index is 12.1. The highest BCUT2D eigenvalue weighted by Gasteiger charge is 2.30. The van der Waals surface area contributed by atoms with Gasteiger partial charge in [-0.2, -0.15) is 0 Å². The minimum atomic E-state index is -4.75. The highest BCUT2D eigenvalue weighted by Crippen LogP contribution is 2.24. The molecule has 1 heterocycles. The minimum absolute atomic E-state index is 0.324. The second-order valence-corrected chi connectivity index (χ2v) is 6.15. The summed E-state index contributed by atoms with van der Waals surface area (Å²) in [4.78, 5) is 14.2. The number of alkyl halides is 3. The van der Waals surface area contributed by atoms with Gasteiger partial charge >= 0.3 is 12.4 Å². The quantitative estimate of drug-likeness (QED) is 0.810. The molecule has 1 aliphatic heterocycles. The average Bonchev–Trinajstić information content (AvgIpc) is 2.68. The molecule has 28 heavy (non-hydrogen) atoms. The predicted molar refractivity (Wildman–Crippen MR) is 98.5 cm³/mol. The Bertz CT molecular complexity index is 774. The van der Waals surface area contributed by atoms with E-state index >= 15 is 0 Å². The van der Waals surface area contributed by atoms with Crippen LogP contribution in [0.1, 0.15) is 5.56 Å². The Hall–Kier alpha value is -2.94. The Labute approximate surface area is 160 Å². The lowest BCUT2D eigenvalue weighted by Gasteiger charge is -2.28. The molecule has 0 bridgehead atoms. The van der Waals surface area contributed by atoms with Gasteiger partial charge in [-0.25, -0.2) is 4.79 Å². The molecule has 0 spiro atoms. The van der Waals surface area contributed by atoms with Gasteiger partial charge in [0.2, 0.25) is 0 Å². The number of amides is 2. The zero-order valence-electron chi connectivity index (χ0n) is 15.0. The van der Waals surface area contributed by atoms with Crippen LogP contribution in [0, 0.1) is 0 Å². The monoisotopic (exact) mass is 395 g/mol. The number of nitrogens with one attached hydrogen (secondary N) is 2. The van der Waals surface area contributed by atoms with Gasteiger partial charge in [-0.15, -0.1) is 13.2 Å². The van der Waals surface area contributed by atoms with E-state index in [0.717, 1.165) is 36.5 Å². The van der Waals surface area contributed by atoms with E-state index in [-0.39, 0.29) is 5.75 Å².